The van der Waals surface area contributed by atoms with Crippen molar-refractivity contribution in [3.63, 3.8) is 0 Å². The van der Waals surface area contributed by atoms with Gasteiger partial charge in [-0.1, -0.05) is 17.7 Å². The van der Waals surface area contributed by atoms with Gasteiger partial charge in [-0.25, -0.2) is 0 Å². The molecule has 3 aliphatic rings. The van der Waals surface area contributed by atoms with E-state index in [9.17, 15) is 4.79 Å². The second kappa shape index (κ2) is 8.19. The molecule has 2 fully saturated rings. The summed E-state index contributed by atoms with van der Waals surface area (Å²) in [7, 11) is 0. The predicted molar refractivity (Wildman–Crippen MR) is 113 cm³/mol. The minimum absolute atomic E-state index is 0.0428. The number of piperidine rings is 1. The van der Waals surface area contributed by atoms with E-state index < -0.39 is 0 Å². The molecule has 30 heavy (non-hydrogen) atoms. The monoisotopic (exact) mass is 408 g/mol. The van der Waals surface area contributed by atoms with Gasteiger partial charge in [0.2, 0.25) is 0 Å². The number of nitrogens with zero attached hydrogens (tertiary/aromatic N) is 1. The molecule has 0 aromatic heterocycles. The van der Waals surface area contributed by atoms with Gasteiger partial charge in [0.15, 0.2) is 17.6 Å². The lowest BCUT2D eigenvalue weighted by atomic mass is 9.96. The number of fused-ring (bicyclic) bond motifs is 3. The van der Waals surface area contributed by atoms with Crippen molar-refractivity contribution in [2.24, 2.45) is 5.92 Å². The van der Waals surface area contributed by atoms with Gasteiger partial charge in [-0.05, 0) is 62.6 Å². The standard InChI is InChI=1S/C24H28N2O4/c1-16-2-5-20(6-3-16)28-14-21-15-29-23-11-18(4-7-22(23)30-21)24(27)25-19-10-17-8-9-26(12-17)13-19/h2-7,11,17,19,21H,8-10,12-15H2,1H3,(H,25,27)/t17-,19-,21-/m0/s1. The molecule has 0 saturated carbocycles. The second-order valence-electron chi connectivity index (χ2n) is 8.66. The number of hydrogen-bond acceptors (Lipinski definition) is 5. The normalized spacial score (nSPS) is 26.8. The number of rotatable bonds is 5. The van der Waals surface area contributed by atoms with Crippen molar-refractivity contribution in [2.75, 3.05) is 32.8 Å². The highest BCUT2D eigenvalue weighted by Crippen LogP contribution is 2.33. The van der Waals surface area contributed by atoms with Crippen LogP contribution in [0.5, 0.6) is 17.2 Å². The Morgan fingerprint density at radius 2 is 2.03 bits per heavy atom. The zero-order chi connectivity index (χ0) is 20.5. The Labute approximate surface area is 177 Å². The van der Waals surface area contributed by atoms with Crippen LogP contribution in [-0.4, -0.2) is 55.8 Å². The number of amides is 1. The van der Waals surface area contributed by atoms with Gasteiger partial charge in [0.05, 0.1) is 0 Å². The maximum Gasteiger partial charge on any atom is 0.251 e. The molecular formula is C24H28N2O4. The van der Waals surface area contributed by atoms with Crippen molar-refractivity contribution in [1.29, 1.82) is 0 Å². The molecule has 5 rings (SSSR count). The highest BCUT2D eigenvalue weighted by atomic mass is 16.6. The lowest BCUT2D eigenvalue weighted by Crippen LogP contribution is -2.47. The molecule has 2 saturated heterocycles. The summed E-state index contributed by atoms with van der Waals surface area (Å²) < 4.78 is 17.7. The van der Waals surface area contributed by atoms with E-state index >= 15 is 0 Å². The summed E-state index contributed by atoms with van der Waals surface area (Å²) in [5.41, 5.74) is 1.81. The molecule has 1 unspecified atom stereocenters. The maximum atomic E-state index is 12.7. The summed E-state index contributed by atoms with van der Waals surface area (Å²) in [6.45, 7) is 6.15. The smallest absolute Gasteiger partial charge is 0.251 e. The lowest BCUT2D eigenvalue weighted by molar-refractivity contribution is 0.0534. The van der Waals surface area contributed by atoms with Gasteiger partial charge in [-0.15, -0.1) is 0 Å². The average Bonchev–Trinajstić information content (AvgIpc) is 3.10. The molecule has 2 aromatic carbocycles. The largest absolute Gasteiger partial charge is 0.490 e. The van der Waals surface area contributed by atoms with Crippen LogP contribution in [0.2, 0.25) is 0 Å². The minimum atomic E-state index is -0.190. The van der Waals surface area contributed by atoms with E-state index in [2.05, 4.69) is 10.2 Å². The molecule has 0 spiro atoms. The van der Waals surface area contributed by atoms with Crippen LogP contribution in [0, 0.1) is 12.8 Å². The highest BCUT2D eigenvalue weighted by Gasteiger charge is 2.33. The fourth-order valence-corrected chi connectivity index (χ4v) is 4.59. The molecule has 2 bridgehead atoms. The topological polar surface area (TPSA) is 60.0 Å². The fourth-order valence-electron chi connectivity index (χ4n) is 4.59. The SMILES string of the molecule is Cc1ccc(OC[C@H]2COc3cc(C(=O)N[C@H]4C[C@@H]5CCN(C5)C4)ccc3O2)cc1. The molecule has 6 nitrogen and oxygen atoms in total. The number of hydrogen-bond donors (Lipinski definition) is 1. The van der Waals surface area contributed by atoms with Crippen LogP contribution in [0.4, 0.5) is 0 Å². The van der Waals surface area contributed by atoms with Crippen LogP contribution in [0.25, 0.3) is 0 Å². The number of carbonyl (C=O) groups excluding carboxylic acids is 1. The Balaban J connectivity index is 1.17. The van der Waals surface area contributed by atoms with Crippen LogP contribution >= 0.6 is 0 Å². The molecular weight excluding hydrogens is 380 g/mol. The maximum absolute atomic E-state index is 12.7. The fraction of sp³-hybridized carbons (Fsp3) is 0.458. The summed E-state index contributed by atoms with van der Waals surface area (Å²) in [6.07, 6.45) is 2.14. The molecule has 3 aliphatic heterocycles. The molecule has 1 amide bonds. The molecule has 3 heterocycles. The second-order valence-corrected chi connectivity index (χ2v) is 8.66. The summed E-state index contributed by atoms with van der Waals surface area (Å²) in [6, 6.07) is 13.6. The molecule has 6 heteroatoms. The first kappa shape index (κ1) is 19.2. The molecule has 158 valence electrons. The van der Waals surface area contributed by atoms with Crippen molar-refractivity contribution in [1.82, 2.24) is 10.2 Å². The van der Waals surface area contributed by atoms with Crippen LogP contribution in [0.15, 0.2) is 42.5 Å². The van der Waals surface area contributed by atoms with E-state index in [0.29, 0.717) is 30.3 Å². The Bertz CT molecular complexity index is 902. The van der Waals surface area contributed by atoms with E-state index in [4.69, 9.17) is 14.2 Å². The van der Waals surface area contributed by atoms with Gasteiger partial charge in [0.25, 0.3) is 5.91 Å². The van der Waals surface area contributed by atoms with Crippen molar-refractivity contribution in [2.45, 2.75) is 31.9 Å². The first-order chi connectivity index (χ1) is 14.6. The molecule has 4 atom stereocenters. The van der Waals surface area contributed by atoms with E-state index in [1.807, 2.05) is 37.3 Å². The molecule has 2 aromatic rings. The van der Waals surface area contributed by atoms with Gasteiger partial charge in [0, 0.05) is 24.7 Å². The van der Waals surface area contributed by atoms with Crippen molar-refractivity contribution in [3.8, 4) is 17.2 Å². The minimum Gasteiger partial charge on any atom is -0.490 e. The zero-order valence-corrected chi connectivity index (χ0v) is 17.3. The van der Waals surface area contributed by atoms with Gasteiger partial charge in [-0.3, -0.25) is 4.79 Å². The van der Waals surface area contributed by atoms with Crippen molar-refractivity contribution < 1.29 is 19.0 Å². The van der Waals surface area contributed by atoms with Gasteiger partial charge < -0.3 is 24.4 Å². The quantitative estimate of drug-likeness (QED) is 0.824. The van der Waals surface area contributed by atoms with E-state index in [1.54, 1.807) is 12.1 Å². The highest BCUT2D eigenvalue weighted by molar-refractivity contribution is 5.95. The van der Waals surface area contributed by atoms with Crippen LogP contribution in [0.3, 0.4) is 0 Å². The number of benzene rings is 2. The zero-order valence-electron chi connectivity index (χ0n) is 17.3. The molecule has 1 N–H and O–H groups in total. The van der Waals surface area contributed by atoms with E-state index in [1.165, 1.54) is 18.5 Å². The third-order valence-corrected chi connectivity index (χ3v) is 6.18. The van der Waals surface area contributed by atoms with Crippen molar-refractivity contribution in [3.05, 3.63) is 53.6 Å². The van der Waals surface area contributed by atoms with E-state index in [0.717, 1.165) is 31.2 Å². The van der Waals surface area contributed by atoms with E-state index in [-0.39, 0.29) is 18.1 Å². The summed E-state index contributed by atoms with van der Waals surface area (Å²) in [4.78, 5) is 15.2. The molecule has 0 aliphatic carbocycles. The lowest BCUT2D eigenvalue weighted by Gasteiger charge is -2.30. The summed E-state index contributed by atoms with van der Waals surface area (Å²) >= 11 is 0. The van der Waals surface area contributed by atoms with Gasteiger partial charge >= 0.3 is 0 Å². The van der Waals surface area contributed by atoms with Crippen LogP contribution in [-0.2, 0) is 0 Å². The van der Waals surface area contributed by atoms with Crippen molar-refractivity contribution >= 4 is 5.91 Å². The first-order valence-corrected chi connectivity index (χ1v) is 10.8. The summed E-state index contributed by atoms with van der Waals surface area (Å²) in [5.74, 6) is 2.76. The average molecular weight is 408 g/mol. The van der Waals surface area contributed by atoms with Crippen LogP contribution < -0.4 is 19.5 Å². The third kappa shape index (κ3) is 4.24. The number of aryl methyl sites for hydroxylation is 1. The first-order valence-electron chi connectivity index (χ1n) is 10.8. The van der Waals surface area contributed by atoms with Crippen LogP contribution in [0.1, 0.15) is 28.8 Å². The predicted octanol–water partition coefficient (Wildman–Crippen LogP) is 3.04. The Kier molecular flexibility index (Phi) is 5.25. The Morgan fingerprint density at radius 3 is 2.87 bits per heavy atom. The van der Waals surface area contributed by atoms with Gasteiger partial charge in [0.1, 0.15) is 19.0 Å². The van der Waals surface area contributed by atoms with Gasteiger partial charge in [-0.2, -0.15) is 0 Å². The Hall–Kier alpha value is -2.73. The number of ether oxygens (including phenoxy) is 3. The number of nitrogens with one attached hydrogen (secondary N) is 1. The summed E-state index contributed by atoms with van der Waals surface area (Å²) in [5, 5.41) is 3.20. The molecule has 0 radical (unpaired) electrons. The third-order valence-electron chi connectivity index (χ3n) is 6.18. The number of carbonyl (C=O) groups is 1. The Morgan fingerprint density at radius 1 is 1.17 bits per heavy atom.